The molecule has 1 saturated heterocycles. The van der Waals surface area contributed by atoms with Crippen molar-refractivity contribution in [1.29, 1.82) is 0 Å². The Morgan fingerprint density at radius 2 is 2.36 bits per heavy atom. The molecule has 82 valence electrons. The summed E-state index contributed by atoms with van der Waals surface area (Å²) in [7, 11) is 0. The Bertz CT molecular complexity index is 168. The summed E-state index contributed by atoms with van der Waals surface area (Å²) < 4.78 is 0. The van der Waals surface area contributed by atoms with E-state index in [0.717, 1.165) is 19.0 Å². The van der Waals surface area contributed by atoms with Crippen molar-refractivity contribution in [2.75, 3.05) is 26.2 Å². The number of nitrogens with zero attached hydrogens (tertiary/aromatic N) is 1. The third-order valence-electron chi connectivity index (χ3n) is 3.22. The van der Waals surface area contributed by atoms with Crippen LogP contribution in [0.25, 0.3) is 0 Å². The first-order chi connectivity index (χ1) is 6.77. The van der Waals surface area contributed by atoms with Crippen LogP contribution in [-0.4, -0.2) is 37.1 Å². The van der Waals surface area contributed by atoms with Crippen LogP contribution in [0.3, 0.4) is 0 Å². The lowest BCUT2D eigenvalue weighted by molar-refractivity contribution is 0.209. The number of rotatable bonds is 5. The number of hydrogen-bond donors (Lipinski definition) is 1. The zero-order chi connectivity index (χ0) is 10.4. The Morgan fingerprint density at radius 1 is 1.57 bits per heavy atom. The quantitative estimate of drug-likeness (QED) is 0.675. The van der Waals surface area contributed by atoms with Gasteiger partial charge >= 0.3 is 0 Å². The van der Waals surface area contributed by atoms with Crippen LogP contribution in [0.4, 0.5) is 0 Å². The highest BCUT2D eigenvalue weighted by molar-refractivity contribution is 4.83. The molecule has 2 unspecified atom stereocenters. The van der Waals surface area contributed by atoms with E-state index in [-0.39, 0.29) is 0 Å². The molecule has 2 atom stereocenters. The van der Waals surface area contributed by atoms with E-state index >= 15 is 0 Å². The fourth-order valence-corrected chi connectivity index (χ4v) is 2.15. The van der Waals surface area contributed by atoms with Gasteiger partial charge in [0.1, 0.15) is 0 Å². The van der Waals surface area contributed by atoms with Crippen LogP contribution in [0, 0.1) is 5.92 Å². The lowest BCUT2D eigenvalue weighted by Crippen LogP contribution is -2.47. The smallest absolute Gasteiger partial charge is 0.0220 e. The monoisotopic (exact) mass is 196 g/mol. The van der Waals surface area contributed by atoms with Crippen molar-refractivity contribution in [3.63, 3.8) is 0 Å². The molecule has 1 aliphatic rings. The van der Waals surface area contributed by atoms with Crippen LogP contribution in [0.5, 0.6) is 0 Å². The van der Waals surface area contributed by atoms with Crippen LogP contribution >= 0.6 is 0 Å². The predicted octanol–water partition coefficient (Wildman–Crippen LogP) is 1.88. The standard InChI is InChI=1S/C12H24N2/c1-4-9-14(5-2)10-12-11(3)7-6-8-13-12/h4,11-13H,1,5-10H2,2-3H3. The molecule has 0 aromatic heterocycles. The summed E-state index contributed by atoms with van der Waals surface area (Å²) in [6.07, 6.45) is 4.71. The topological polar surface area (TPSA) is 15.3 Å². The minimum atomic E-state index is 0.684. The fraction of sp³-hybridized carbons (Fsp3) is 0.833. The summed E-state index contributed by atoms with van der Waals surface area (Å²) in [6.45, 7) is 12.9. The zero-order valence-corrected chi connectivity index (χ0v) is 9.63. The molecule has 0 aromatic carbocycles. The van der Waals surface area contributed by atoms with Gasteiger partial charge in [0.2, 0.25) is 0 Å². The molecule has 0 amide bonds. The van der Waals surface area contributed by atoms with E-state index in [1.165, 1.54) is 25.9 Å². The van der Waals surface area contributed by atoms with Crippen molar-refractivity contribution < 1.29 is 0 Å². The summed E-state index contributed by atoms with van der Waals surface area (Å²) in [6, 6.07) is 0.684. The van der Waals surface area contributed by atoms with Gasteiger partial charge in [0.25, 0.3) is 0 Å². The van der Waals surface area contributed by atoms with Crippen molar-refractivity contribution in [3.8, 4) is 0 Å². The molecule has 2 heteroatoms. The van der Waals surface area contributed by atoms with E-state index in [1.807, 2.05) is 6.08 Å². The van der Waals surface area contributed by atoms with Crippen molar-refractivity contribution in [2.24, 2.45) is 5.92 Å². The second-order valence-corrected chi connectivity index (χ2v) is 4.32. The highest BCUT2D eigenvalue weighted by atomic mass is 15.1. The van der Waals surface area contributed by atoms with E-state index in [4.69, 9.17) is 0 Å². The van der Waals surface area contributed by atoms with Gasteiger partial charge in [-0.15, -0.1) is 6.58 Å². The summed E-state index contributed by atoms with van der Waals surface area (Å²) in [5, 5.41) is 3.62. The second kappa shape index (κ2) is 6.20. The molecule has 0 aliphatic carbocycles. The minimum absolute atomic E-state index is 0.684. The Hall–Kier alpha value is -0.340. The van der Waals surface area contributed by atoms with Gasteiger partial charge in [-0.2, -0.15) is 0 Å². The lowest BCUT2D eigenvalue weighted by atomic mass is 9.92. The first kappa shape index (κ1) is 11.7. The summed E-state index contributed by atoms with van der Waals surface area (Å²) >= 11 is 0. The third kappa shape index (κ3) is 3.43. The van der Waals surface area contributed by atoms with Gasteiger partial charge in [-0.25, -0.2) is 0 Å². The van der Waals surface area contributed by atoms with E-state index in [2.05, 4.69) is 30.6 Å². The number of nitrogens with one attached hydrogen (secondary N) is 1. The van der Waals surface area contributed by atoms with Gasteiger partial charge in [-0.3, -0.25) is 4.90 Å². The largest absolute Gasteiger partial charge is 0.312 e. The van der Waals surface area contributed by atoms with Gasteiger partial charge in [-0.05, 0) is 31.8 Å². The maximum atomic E-state index is 3.80. The maximum Gasteiger partial charge on any atom is 0.0220 e. The Morgan fingerprint density at radius 3 is 2.93 bits per heavy atom. The highest BCUT2D eigenvalue weighted by Gasteiger charge is 2.21. The van der Waals surface area contributed by atoms with Crippen molar-refractivity contribution in [3.05, 3.63) is 12.7 Å². The minimum Gasteiger partial charge on any atom is -0.312 e. The Balaban J connectivity index is 2.35. The molecule has 0 saturated carbocycles. The summed E-state index contributed by atoms with van der Waals surface area (Å²) in [4.78, 5) is 2.45. The first-order valence-corrected chi connectivity index (χ1v) is 5.84. The van der Waals surface area contributed by atoms with Crippen LogP contribution < -0.4 is 5.32 Å². The van der Waals surface area contributed by atoms with Crippen molar-refractivity contribution >= 4 is 0 Å². The molecular weight excluding hydrogens is 172 g/mol. The van der Waals surface area contributed by atoms with Crippen LogP contribution in [0.2, 0.25) is 0 Å². The van der Waals surface area contributed by atoms with Gasteiger partial charge in [0.05, 0.1) is 0 Å². The molecule has 2 nitrogen and oxygen atoms in total. The van der Waals surface area contributed by atoms with Gasteiger partial charge in [0, 0.05) is 19.1 Å². The van der Waals surface area contributed by atoms with Crippen molar-refractivity contribution in [2.45, 2.75) is 32.7 Å². The fourth-order valence-electron chi connectivity index (χ4n) is 2.15. The van der Waals surface area contributed by atoms with Crippen LogP contribution in [0.1, 0.15) is 26.7 Å². The molecule has 1 heterocycles. The molecule has 1 rings (SSSR count). The predicted molar refractivity (Wildman–Crippen MR) is 62.5 cm³/mol. The second-order valence-electron chi connectivity index (χ2n) is 4.32. The normalized spacial score (nSPS) is 27.9. The molecule has 0 aromatic rings. The Kier molecular flexibility index (Phi) is 5.20. The molecule has 1 aliphatic heterocycles. The van der Waals surface area contributed by atoms with Gasteiger partial charge < -0.3 is 5.32 Å². The third-order valence-corrected chi connectivity index (χ3v) is 3.22. The van der Waals surface area contributed by atoms with E-state index in [1.54, 1.807) is 0 Å². The van der Waals surface area contributed by atoms with Crippen LogP contribution in [-0.2, 0) is 0 Å². The molecule has 14 heavy (non-hydrogen) atoms. The molecule has 0 spiro atoms. The van der Waals surface area contributed by atoms with Gasteiger partial charge in [-0.1, -0.05) is 19.9 Å². The number of likely N-dealkylation sites (N-methyl/N-ethyl adjacent to an activating group) is 1. The van der Waals surface area contributed by atoms with Crippen molar-refractivity contribution in [1.82, 2.24) is 10.2 Å². The number of piperidine rings is 1. The molecule has 1 N–H and O–H groups in total. The van der Waals surface area contributed by atoms with E-state index in [0.29, 0.717) is 6.04 Å². The van der Waals surface area contributed by atoms with Crippen LogP contribution in [0.15, 0.2) is 12.7 Å². The summed E-state index contributed by atoms with van der Waals surface area (Å²) in [5.74, 6) is 0.822. The molecule has 0 bridgehead atoms. The molecule has 1 fully saturated rings. The SMILES string of the molecule is C=CCN(CC)CC1NCCCC1C. The Labute approximate surface area is 88.4 Å². The molecule has 0 radical (unpaired) electrons. The average Bonchev–Trinajstić information content (AvgIpc) is 2.20. The van der Waals surface area contributed by atoms with Gasteiger partial charge in [0.15, 0.2) is 0 Å². The maximum absolute atomic E-state index is 3.80. The molecular formula is C12H24N2. The van der Waals surface area contributed by atoms with E-state index < -0.39 is 0 Å². The average molecular weight is 196 g/mol. The lowest BCUT2D eigenvalue weighted by Gasteiger charge is -2.34. The first-order valence-electron chi connectivity index (χ1n) is 5.84. The number of hydrogen-bond acceptors (Lipinski definition) is 2. The highest BCUT2D eigenvalue weighted by Crippen LogP contribution is 2.16. The summed E-state index contributed by atoms with van der Waals surface area (Å²) in [5.41, 5.74) is 0. The zero-order valence-electron chi connectivity index (χ0n) is 9.63. The van der Waals surface area contributed by atoms with E-state index in [9.17, 15) is 0 Å².